The molecule has 1 aromatic carbocycles. The Kier molecular flexibility index (Phi) is 6.14. The van der Waals surface area contributed by atoms with Crippen molar-refractivity contribution in [2.75, 3.05) is 18.4 Å². The second kappa shape index (κ2) is 9.02. The maximum Gasteiger partial charge on any atom is 0.365 e. The molecule has 3 aromatic heterocycles. The van der Waals surface area contributed by atoms with Crippen LogP contribution in [0.25, 0.3) is 21.0 Å². The average Bonchev–Trinajstić information content (AvgIpc) is 3.10. The molecule has 0 radical (unpaired) electrons. The minimum absolute atomic E-state index is 0.0202. The molecule has 0 bridgehead atoms. The van der Waals surface area contributed by atoms with Gasteiger partial charge in [-0.05, 0) is 29.8 Å². The predicted octanol–water partition coefficient (Wildman–Crippen LogP) is 0.626. The number of anilines is 1. The van der Waals surface area contributed by atoms with E-state index < -0.39 is 18.6 Å². The molecule has 0 saturated carbocycles. The third-order valence-electron chi connectivity index (χ3n) is 5.28. The first-order chi connectivity index (χ1) is 17.0. The van der Waals surface area contributed by atoms with Crippen LogP contribution in [0.5, 0.6) is 11.8 Å². The summed E-state index contributed by atoms with van der Waals surface area (Å²) >= 11 is 7.25. The molecule has 0 unspecified atom stereocenters. The standard InChI is InChI=1S/C21H18ClN5O8S/c22-19-25-7-9(8-34-21(32,33)20(29,30)31)18(27-19)35-13-4-1-10-11(26-13)2-3-12-14(10)15-16(36-12)17(28)24-6-5-23-15/h1-4,7,23,29-33H,5-6,8H2,(H,24,28). The van der Waals surface area contributed by atoms with Crippen molar-refractivity contribution in [3.8, 4) is 11.8 Å². The number of hydrogen-bond acceptors (Lipinski definition) is 13. The van der Waals surface area contributed by atoms with E-state index in [9.17, 15) is 15.0 Å². The van der Waals surface area contributed by atoms with Gasteiger partial charge in [-0.25, -0.2) is 9.97 Å². The van der Waals surface area contributed by atoms with Crippen LogP contribution in [0.2, 0.25) is 5.28 Å². The Hall–Kier alpha value is -3.21. The van der Waals surface area contributed by atoms with Crippen LogP contribution in [-0.4, -0.2) is 71.4 Å². The Balaban J connectivity index is 1.48. The molecule has 0 saturated heterocycles. The van der Waals surface area contributed by atoms with Gasteiger partial charge in [0.05, 0.1) is 23.4 Å². The molecule has 7 N–H and O–H groups in total. The number of amides is 1. The summed E-state index contributed by atoms with van der Waals surface area (Å²) in [6, 6.07) is 6.99. The summed E-state index contributed by atoms with van der Waals surface area (Å²) in [6.45, 7) is 0.383. The van der Waals surface area contributed by atoms with E-state index >= 15 is 0 Å². The molecule has 188 valence electrons. The molecule has 1 aliphatic rings. The highest BCUT2D eigenvalue weighted by Gasteiger charge is 2.48. The van der Waals surface area contributed by atoms with Crippen molar-refractivity contribution in [3.05, 3.63) is 46.2 Å². The van der Waals surface area contributed by atoms with E-state index in [1.54, 1.807) is 18.2 Å². The van der Waals surface area contributed by atoms with Gasteiger partial charge in [0.1, 0.15) is 4.88 Å². The summed E-state index contributed by atoms with van der Waals surface area (Å²) in [5.74, 6) is -7.88. The number of pyridine rings is 1. The Labute approximate surface area is 210 Å². The van der Waals surface area contributed by atoms with Crippen molar-refractivity contribution in [1.29, 1.82) is 0 Å². The molecule has 5 rings (SSSR count). The van der Waals surface area contributed by atoms with Gasteiger partial charge in [-0.2, -0.15) is 4.98 Å². The first kappa shape index (κ1) is 24.5. The Morgan fingerprint density at radius 2 is 1.83 bits per heavy atom. The summed E-state index contributed by atoms with van der Waals surface area (Å²) in [4.78, 5) is 25.2. The van der Waals surface area contributed by atoms with Crippen LogP contribution < -0.4 is 15.4 Å². The van der Waals surface area contributed by atoms with Gasteiger partial charge in [0.25, 0.3) is 5.91 Å². The van der Waals surface area contributed by atoms with Gasteiger partial charge in [-0.3, -0.25) is 4.79 Å². The van der Waals surface area contributed by atoms with Crippen molar-refractivity contribution in [2.45, 2.75) is 18.6 Å². The van der Waals surface area contributed by atoms with E-state index in [2.05, 4.69) is 30.3 Å². The molecule has 13 nitrogen and oxygen atoms in total. The van der Waals surface area contributed by atoms with Crippen LogP contribution >= 0.6 is 22.9 Å². The molecular weight excluding hydrogens is 518 g/mol. The van der Waals surface area contributed by atoms with E-state index in [0.29, 0.717) is 23.5 Å². The molecule has 36 heavy (non-hydrogen) atoms. The monoisotopic (exact) mass is 535 g/mol. The lowest BCUT2D eigenvalue weighted by Gasteiger charge is -2.29. The minimum Gasteiger partial charge on any atom is -0.420 e. The van der Waals surface area contributed by atoms with Crippen LogP contribution in [0.15, 0.2) is 30.5 Å². The molecule has 0 atom stereocenters. The Morgan fingerprint density at radius 1 is 1.06 bits per heavy atom. The first-order valence-corrected chi connectivity index (χ1v) is 11.6. The summed E-state index contributed by atoms with van der Waals surface area (Å²) in [6.07, 6.45) is 1.15. The zero-order chi connectivity index (χ0) is 25.7. The van der Waals surface area contributed by atoms with E-state index in [1.165, 1.54) is 11.3 Å². The number of carbonyl (C=O) groups is 1. The average molecular weight is 536 g/mol. The second-order valence-electron chi connectivity index (χ2n) is 7.75. The van der Waals surface area contributed by atoms with Crippen LogP contribution in [0.1, 0.15) is 15.2 Å². The molecule has 0 fully saturated rings. The molecule has 15 heteroatoms. The molecule has 1 aliphatic heterocycles. The molecule has 4 aromatic rings. The highest BCUT2D eigenvalue weighted by Crippen LogP contribution is 2.41. The van der Waals surface area contributed by atoms with Crippen molar-refractivity contribution < 1.29 is 39.8 Å². The molecule has 4 heterocycles. The number of halogens is 1. The number of benzene rings is 1. The largest absolute Gasteiger partial charge is 0.420 e. The van der Waals surface area contributed by atoms with Gasteiger partial charge in [0.15, 0.2) is 0 Å². The Morgan fingerprint density at radius 3 is 2.61 bits per heavy atom. The number of aromatic nitrogens is 3. The van der Waals surface area contributed by atoms with Gasteiger partial charge in [-0.15, -0.1) is 11.3 Å². The fourth-order valence-corrected chi connectivity index (χ4v) is 4.78. The van der Waals surface area contributed by atoms with Crippen molar-refractivity contribution in [2.24, 2.45) is 0 Å². The van der Waals surface area contributed by atoms with Gasteiger partial charge in [0, 0.05) is 40.8 Å². The normalized spacial score (nSPS) is 14.3. The van der Waals surface area contributed by atoms with E-state index in [0.717, 1.165) is 27.4 Å². The van der Waals surface area contributed by atoms with Gasteiger partial charge in [-0.1, -0.05) is 0 Å². The number of thiophene rings is 1. The maximum atomic E-state index is 12.4. The van der Waals surface area contributed by atoms with Gasteiger partial charge < -0.3 is 45.6 Å². The van der Waals surface area contributed by atoms with E-state index in [4.69, 9.17) is 31.7 Å². The third kappa shape index (κ3) is 4.52. The number of fused-ring (bicyclic) bond motifs is 5. The lowest BCUT2D eigenvalue weighted by atomic mass is 10.1. The highest BCUT2D eigenvalue weighted by atomic mass is 35.5. The third-order valence-corrected chi connectivity index (χ3v) is 6.61. The minimum atomic E-state index is -3.96. The topological polar surface area (TPSA) is 199 Å². The van der Waals surface area contributed by atoms with Crippen molar-refractivity contribution >= 4 is 55.5 Å². The highest BCUT2D eigenvalue weighted by molar-refractivity contribution is 7.21. The molecule has 0 spiro atoms. The number of nitrogens with zero attached hydrogens (tertiary/aromatic N) is 3. The SMILES string of the molecule is O=C1NCCNc2c1sc1ccc3nc(Oc4nc(Cl)ncc4COC(O)(O)C(O)(O)O)ccc3c21. The van der Waals surface area contributed by atoms with Gasteiger partial charge in [0.2, 0.25) is 17.0 Å². The lowest BCUT2D eigenvalue weighted by Crippen LogP contribution is -2.56. The summed E-state index contributed by atoms with van der Waals surface area (Å²) in [7, 11) is 0. The van der Waals surface area contributed by atoms with Crippen LogP contribution in [0.3, 0.4) is 0 Å². The number of nitrogens with one attached hydrogen (secondary N) is 2. The van der Waals surface area contributed by atoms with Crippen LogP contribution in [0, 0.1) is 0 Å². The summed E-state index contributed by atoms with van der Waals surface area (Å²) < 4.78 is 11.2. The number of hydrogen-bond donors (Lipinski definition) is 7. The fraction of sp³-hybridized carbons (Fsp3) is 0.238. The smallest absolute Gasteiger partial charge is 0.365 e. The maximum absolute atomic E-state index is 12.4. The number of rotatable bonds is 6. The quantitative estimate of drug-likeness (QED) is 0.134. The van der Waals surface area contributed by atoms with E-state index in [1.807, 2.05) is 6.07 Å². The fourth-order valence-electron chi connectivity index (χ4n) is 3.54. The molecular formula is C21H18ClN5O8S. The Bertz CT molecular complexity index is 1490. The van der Waals surface area contributed by atoms with Crippen LogP contribution in [0.4, 0.5) is 5.69 Å². The number of ether oxygens (including phenoxy) is 2. The zero-order valence-corrected chi connectivity index (χ0v) is 19.7. The predicted molar refractivity (Wildman–Crippen MR) is 126 cm³/mol. The zero-order valence-electron chi connectivity index (χ0n) is 18.1. The van der Waals surface area contributed by atoms with Crippen molar-refractivity contribution in [1.82, 2.24) is 20.3 Å². The van der Waals surface area contributed by atoms with E-state index in [-0.39, 0.29) is 28.5 Å². The summed E-state index contributed by atoms with van der Waals surface area (Å²) in [5.41, 5.74) is 1.34. The molecule has 1 amide bonds. The number of aliphatic hydroxyl groups is 5. The molecule has 0 aliphatic carbocycles. The van der Waals surface area contributed by atoms with Crippen LogP contribution in [-0.2, 0) is 11.3 Å². The lowest BCUT2D eigenvalue weighted by molar-refractivity contribution is -0.524. The first-order valence-electron chi connectivity index (χ1n) is 10.4. The second-order valence-corrected chi connectivity index (χ2v) is 9.14. The van der Waals surface area contributed by atoms with Crippen molar-refractivity contribution in [3.63, 3.8) is 0 Å². The summed E-state index contributed by atoms with van der Waals surface area (Å²) in [5, 5.41) is 53.6. The van der Waals surface area contributed by atoms with Gasteiger partial charge >= 0.3 is 11.9 Å². The number of carbonyl (C=O) groups excluding carboxylic acids is 1.